The van der Waals surface area contributed by atoms with E-state index in [1.54, 1.807) is 0 Å². The summed E-state index contributed by atoms with van der Waals surface area (Å²) in [6, 6.07) is 18.8. The van der Waals surface area contributed by atoms with Gasteiger partial charge in [0.15, 0.2) is 0 Å². The van der Waals surface area contributed by atoms with Crippen LogP contribution < -0.4 is 10.5 Å². The molecule has 0 saturated heterocycles. The first-order valence-electron chi connectivity index (χ1n) is 7.81. The second-order valence-corrected chi connectivity index (χ2v) is 5.86. The van der Waals surface area contributed by atoms with E-state index in [1.165, 1.54) is 5.56 Å². The van der Waals surface area contributed by atoms with Gasteiger partial charge in [-0.3, -0.25) is 4.90 Å². The molecule has 3 heteroatoms. The summed E-state index contributed by atoms with van der Waals surface area (Å²) < 4.78 is 5.95. The van der Waals surface area contributed by atoms with Crippen LogP contribution in [0, 0.1) is 0 Å². The maximum atomic E-state index is 6.06. The summed E-state index contributed by atoms with van der Waals surface area (Å²) in [5.41, 5.74) is 8.50. The first-order valence-corrected chi connectivity index (χ1v) is 7.81. The molecule has 1 unspecified atom stereocenters. The van der Waals surface area contributed by atoms with Crippen molar-refractivity contribution in [3.05, 3.63) is 65.7 Å². The molecule has 22 heavy (non-hydrogen) atoms. The molecule has 2 rings (SSSR count). The highest BCUT2D eigenvalue weighted by molar-refractivity contribution is 5.36. The van der Waals surface area contributed by atoms with E-state index < -0.39 is 0 Å². The standard InChI is InChI=1S/C19H26N2O/c1-15(2)22-19-12-8-7-11-17(19)18(13-20)21(3)14-16-9-5-4-6-10-16/h4-12,15,18H,13-14,20H2,1-3H3. The Labute approximate surface area is 133 Å². The van der Waals surface area contributed by atoms with Crippen LogP contribution in [0.25, 0.3) is 0 Å². The lowest BCUT2D eigenvalue weighted by molar-refractivity contribution is 0.212. The van der Waals surface area contributed by atoms with Crippen LogP contribution in [-0.2, 0) is 6.54 Å². The molecule has 0 fully saturated rings. The average Bonchev–Trinajstić information content (AvgIpc) is 2.50. The monoisotopic (exact) mass is 298 g/mol. The van der Waals surface area contributed by atoms with Gasteiger partial charge >= 0.3 is 0 Å². The number of likely N-dealkylation sites (N-methyl/N-ethyl adjacent to an activating group) is 1. The molecule has 2 N–H and O–H groups in total. The number of nitrogens with zero attached hydrogens (tertiary/aromatic N) is 1. The molecule has 0 bridgehead atoms. The lowest BCUT2D eigenvalue weighted by atomic mass is 10.0. The van der Waals surface area contributed by atoms with E-state index >= 15 is 0 Å². The maximum Gasteiger partial charge on any atom is 0.124 e. The van der Waals surface area contributed by atoms with Crippen LogP contribution in [-0.4, -0.2) is 24.6 Å². The third-order valence-corrected chi connectivity index (χ3v) is 3.67. The predicted octanol–water partition coefficient (Wildman–Crippen LogP) is 3.61. The minimum atomic E-state index is 0.134. The smallest absolute Gasteiger partial charge is 0.124 e. The van der Waals surface area contributed by atoms with E-state index in [2.05, 4.69) is 42.3 Å². The van der Waals surface area contributed by atoms with Crippen LogP contribution in [0.4, 0.5) is 0 Å². The van der Waals surface area contributed by atoms with Crippen LogP contribution in [0.3, 0.4) is 0 Å². The highest BCUT2D eigenvalue weighted by atomic mass is 16.5. The second-order valence-electron chi connectivity index (χ2n) is 5.86. The molecule has 0 heterocycles. The first-order chi connectivity index (χ1) is 10.6. The Hall–Kier alpha value is -1.84. The van der Waals surface area contributed by atoms with Crippen molar-refractivity contribution >= 4 is 0 Å². The highest BCUT2D eigenvalue weighted by Crippen LogP contribution is 2.29. The SMILES string of the molecule is CC(C)Oc1ccccc1C(CN)N(C)Cc1ccccc1. The third-order valence-electron chi connectivity index (χ3n) is 3.67. The Morgan fingerprint density at radius 2 is 1.64 bits per heavy atom. The van der Waals surface area contributed by atoms with E-state index in [4.69, 9.17) is 10.5 Å². The van der Waals surface area contributed by atoms with Gasteiger partial charge in [0.1, 0.15) is 5.75 Å². The van der Waals surface area contributed by atoms with E-state index in [1.807, 2.05) is 38.1 Å². The molecule has 2 aromatic rings. The number of para-hydroxylation sites is 1. The lowest BCUT2D eigenvalue weighted by Crippen LogP contribution is -2.30. The first kappa shape index (κ1) is 16.5. The molecule has 0 aliphatic rings. The fourth-order valence-corrected chi connectivity index (χ4v) is 2.64. The van der Waals surface area contributed by atoms with Gasteiger partial charge < -0.3 is 10.5 Å². The molecule has 0 spiro atoms. The minimum Gasteiger partial charge on any atom is -0.491 e. The van der Waals surface area contributed by atoms with Crippen molar-refractivity contribution in [2.75, 3.05) is 13.6 Å². The molecule has 3 nitrogen and oxygen atoms in total. The van der Waals surface area contributed by atoms with Gasteiger partial charge in [-0.2, -0.15) is 0 Å². The number of benzene rings is 2. The predicted molar refractivity (Wildman–Crippen MR) is 91.9 cm³/mol. The van der Waals surface area contributed by atoms with E-state index in [0.717, 1.165) is 17.9 Å². The molecule has 0 radical (unpaired) electrons. The van der Waals surface area contributed by atoms with Crippen LogP contribution >= 0.6 is 0 Å². The molecule has 0 amide bonds. The van der Waals surface area contributed by atoms with Crippen molar-refractivity contribution in [3.63, 3.8) is 0 Å². The molecule has 0 saturated carbocycles. The number of hydrogen-bond acceptors (Lipinski definition) is 3. The van der Waals surface area contributed by atoms with Crippen molar-refractivity contribution in [2.45, 2.75) is 32.5 Å². The van der Waals surface area contributed by atoms with E-state index in [0.29, 0.717) is 6.54 Å². The molecule has 0 aliphatic heterocycles. The van der Waals surface area contributed by atoms with Gasteiger partial charge in [-0.25, -0.2) is 0 Å². The Morgan fingerprint density at radius 1 is 1.00 bits per heavy atom. The zero-order valence-corrected chi connectivity index (χ0v) is 13.7. The van der Waals surface area contributed by atoms with Crippen molar-refractivity contribution in [2.24, 2.45) is 5.73 Å². The summed E-state index contributed by atoms with van der Waals surface area (Å²) in [6.45, 7) is 5.50. The van der Waals surface area contributed by atoms with Crippen LogP contribution in [0.1, 0.15) is 31.0 Å². The zero-order valence-electron chi connectivity index (χ0n) is 13.7. The summed E-state index contributed by atoms with van der Waals surface area (Å²) >= 11 is 0. The highest BCUT2D eigenvalue weighted by Gasteiger charge is 2.19. The van der Waals surface area contributed by atoms with Gasteiger partial charge in [0.2, 0.25) is 0 Å². The number of hydrogen-bond donors (Lipinski definition) is 1. The topological polar surface area (TPSA) is 38.5 Å². The molecule has 1 atom stereocenters. The summed E-state index contributed by atoms with van der Waals surface area (Å²) in [7, 11) is 2.11. The fourth-order valence-electron chi connectivity index (χ4n) is 2.64. The van der Waals surface area contributed by atoms with Crippen molar-refractivity contribution in [1.82, 2.24) is 4.90 Å². The van der Waals surface area contributed by atoms with Crippen molar-refractivity contribution < 1.29 is 4.74 Å². The fraction of sp³-hybridized carbons (Fsp3) is 0.368. The molecule has 118 valence electrons. The summed E-state index contributed by atoms with van der Waals surface area (Å²) in [6.07, 6.45) is 0.152. The lowest BCUT2D eigenvalue weighted by Gasteiger charge is -2.29. The van der Waals surface area contributed by atoms with Gasteiger partial charge in [-0.1, -0.05) is 48.5 Å². The Morgan fingerprint density at radius 3 is 2.27 bits per heavy atom. The Kier molecular flexibility index (Phi) is 5.99. The quantitative estimate of drug-likeness (QED) is 0.848. The van der Waals surface area contributed by atoms with Crippen LogP contribution in [0.2, 0.25) is 0 Å². The Balaban J connectivity index is 2.20. The van der Waals surface area contributed by atoms with Gasteiger partial charge in [-0.05, 0) is 32.5 Å². The van der Waals surface area contributed by atoms with Gasteiger partial charge in [-0.15, -0.1) is 0 Å². The van der Waals surface area contributed by atoms with Gasteiger partial charge in [0.05, 0.1) is 12.1 Å². The van der Waals surface area contributed by atoms with Crippen LogP contribution in [0.5, 0.6) is 5.75 Å². The average molecular weight is 298 g/mol. The zero-order chi connectivity index (χ0) is 15.9. The maximum absolute atomic E-state index is 6.06. The van der Waals surface area contributed by atoms with Crippen molar-refractivity contribution in [1.29, 1.82) is 0 Å². The molecular weight excluding hydrogens is 272 g/mol. The number of rotatable bonds is 7. The van der Waals surface area contributed by atoms with E-state index in [9.17, 15) is 0 Å². The summed E-state index contributed by atoms with van der Waals surface area (Å²) in [4.78, 5) is 2.28. The number of nitrogens with two attached hydrogens (primary N) is 1. The van der Waals surface area contributed by atoms with Gasteiger partial charge in [0.25, 0.3) is 0 Å². The Bertz CT molecular complexity index is 569. The second kappa shape index (κ2) is 7.97. The third kappa shape index (κ3) is 4.33. The molecular formula is C19H26N2O. The van der Waals surface area contributed by atoms with E-state index in [-0.39, 0.29) is 12.1 Å². The van der Waals surface area contributed by atoms with Gasteiger partial charge in [0, 0.05) is 18.7 Å². The molecule has 0 aromatic heterocycles. The largest absolute Gasteiger partial charge is 0.491 e. The van der Waals surface area contributed by atoms with Crippen molar-refractivity contribution in [3.8, 4) is 5.75 Å². The molecule has 2 aromatic carbocycles. The normalized spacial score (nSPS) is 12.6. The number of ether oxygens (including phenoxy) is 1. The molecule has 0 aliphatic carbocycles. The summed E-state index contributed by atoms with van der Waals surface area (Å²) in [5, 5.41) is 0. The summed E-state index contributed by atoms with van der Waals surface area (Å²) in [5.74, 6) is 0.924. The minimum absolute atomic E-state index is 0.134. The van der Waals surface area contributed by atoms with Crippen LogP contribution in [0.15, 0.2) is 54.6 Å².